The second kappa shape index (κ2) is 4.15. The standard InChI is InChI=1S/C10H14N2O5/c1-6(2)10(12(16)17)5-4-7(3)8(9(10)13)11(14)15/h4-7,13H,1-3H3. The molecular weight excluding hydrogens is 228 g/mol. The zero-order chi connectivity index (χ0) is 13.4. The Hall–Kier alpha value is -1.92. The summed E-state index contributed by atoms with van der Waals surface area (Å²) in [6.45, 7) is 4.59. The minimum Gasteiger partial charge on any atom is -0.501 e. The van der Waals surface area contributed by atoms with E-state index in [0.717, 1.165) is 0 Å². The SMILES string of the molecule is CC1C=CC(C(C)C)([N+](=O)[O-])C(O)=C1[N+](=O)[O-]. The third kappa shape index (κ3) is 1.77. The molecule has 1 aliphatic rings. The highest BCUT2D eigenvalue weighted by molar-refractivity contribution is 5.30. The van der Waals surface area contributed by atoms with Crippen LogP contribution in [-0.2, 0) is 0 Å². The van der Waals surface area contributed by atoms with Gasteiger partial charge < -0.3 is 5.11 Å². The first-order chi connectivity index (χ1) is 7.75. The van der Waals surface area contributed by atoms with Crippen LogP contribution in [0.5, 0.6) is 0 Å². The quantitative estimate of drug-likeness (QED) is 0.462. The third-order valence-electron chi connectivity index (χ3n) is 3.07. The zero-order valence-corrected chi connectivity index (χ0v) is 9.78. The monoisotopic (exact) mass is 242 g/mol. The molecule has 0 aliphatic heterocycles. The molecule has 0 bridgehead atoms. The summed E-state index contributed by atoms with van der Waals surface area (Å²) in [5, 5.41) is 31.9. The Morgan fingerprint density at radius 1 is 1.41 bits per heavy atom. The van der Waals surface area contributed by atoms with E-state index in [0.29, 0.717) is 0 Å². The summed E-state index contributed by atoms with van der Waals surface area (Å²) in [5.41, 5.74) is -2.40. The molecule has 7 nitrogen and oxygen atoms in total. The summed E-state index contributed by atoms with van der Waals surface area (Å²) in [6, 6.07) is 0. The van der Waals surface area contributed by atoms with Gasteiger partial charge in [-0.25, -0.2) is 0 Å². The lowest BCUT2D eigenvalue weighted by atomic mass is 9.78. The summed E-state index contributed by atoms with van der Waals surface area (Å²) in [6.07, 6.45) is 2.63. The van der Waals surface area contributed by atoms with Crippen LogP contribution in [0.3, 0.4) is 0 Å². The number of rotatable bonds is 3. The fraction of sp³-hybridized carbons (Fsp3) is 0.600. The van der Waals surface area contributed by atoms with E-state index in [2.05, 4.69) is 0 Å². The van der Waals surface area contributed by atoms with Crippen LogP contribution in [0.15, 0.2) is 23.6 Å². The highest BCUT2D eigenvalue weighted by Crippen LogP contribution is 2.37. The van der Waals surface area contributed by atoms with E-state index >= 15 is 0 Å². The van der Waals surface area contributed by atoms with Gasteiger partial charge in [0.25, 0.3) is 5.70 Å². The van der Waals surface area contributed by atoms with Gasteiger partial charge in [0.05, 0.1) is 10.8 Å². The fourth-order valence-electron chi connectivity index (χ4n) is 1.96. The molecule has 7 heteroatoms. The van der Waals surface area contributed by atoms with Crippen molar-refractivity contribution in [3.05, 3.63) is 43.8 Å². The molecule has 17 heavy (non-hydrogen) atoms. The van der Waals surface area contributed by atoms with Gasteiger partial charge in [0.1, 0.15) is 0 Å². The van der Waals surface area contributed by atoms with Gasteiger partial charge >= 0.3 is 5.54 Å². The van der Waals surface area contributed by atoms with Crippen LogP contribution in [0.25, 0.3) is 0 Å². The van der Waals surface area contributed by atoms with Crippen molar-refractivity contribution in [2.45, 2.75) is 26.3 Å². The Morgan fingerprint density at radius 3 is 2.29 bits per heavy atom. The number of hydrogen-bond acceptors (Lipinski definition) is 5. The zero-order valence-electron chi connectivity index (χ0n) is 9.78. The van der Waals surface area contributed by atoms with Gasteiger partial charge in [-0.3, -0.25) is 20.2 Å². The maximum atomic E-state index is 11.1. The lowest BCUT2D eigenvalue weighted by molar-refractivity contribution is -0.561. The largest absolute Gasteiger partial charge is 0.501 e. The van der Waals surface area contributed by atoms with Gasteiger partial charge in [0, 0.05) is 10.8 Å². The van der Waals surface area contributed by atoms with Crippen LogP contribution >= 0.6 is 0 Å². The van der Waals surface area contributed by atoms with Crippen molar-refractivity contribution >= 4 is 0 Å². The highest BCUT2D eigenvalue weighted by Gasteiger charge is 2.55. The summed E-state index contributed by atoms with van der Waals surface area (Å²) in [7, 11) is 0. The molecule has 0 saturated carbocycles. The first kappa shape index (κ1) is 13.1. The smallest absolute Gasteiger partial charge is 0.304 e. The van der Waals surface area contributed by atoms with Crippen molar-refractivity contribution in [2.75, 3.05) is 0 Å². The number of aliphatic hydroxyl groups is 1. The van der Waals surface area contributed by atoms with E-state index in [9.17, 15) is 25.3 Å². The summed E-state index contributed by atoms with van der Waals surface area (Å²) in [5.74, 6) is -1.99. The third-order valence-corrected chi connectivity index (χ3v) is 3.07. The highest BCUT2D eigenvalue weighted by atomic mass is 16.6. The van der Waals surface area contributed by atoms with Gasteiger partial charge in [-0.2, -0.15) is 0 Å². The van der Waals surface area contributed by atoms with E-state index in [-0.39, 0.29) is 0 Å². The maximum Gasteiger partial charge on any atom is 0.304 e. The van der Waals surface area contributed by atoms with Crippen LogP contribution in [0, 0.1) is 32.1 Å². The van der Waals surface area contributed by atoms with Crippen molar-refractivity contribution in [1.29, 1.82) is 0 Å². The number of nitro groups is 2. The van der Waals surface area contributed by atoms with Crippen LogP contribution < -0.4 is 0 Å². The lowest BCUT2D eigenvalue weighted by Gasteiger charge is -2.28. The molecule has 94 valence electrons. The van der Waals surface area contributed by atoms with Gasteiger partial charge in [-0.05, 0) is 13.0 Å². The minimum absolute atomic E-state index is 0.502. The molecule has 0 aromatic rings. The number of nitrogens with zero attached hydrogens (tertiary/aromatic N) is 2. The molecule has 2 atom stereocenters. The van der Waals surface area contributed by atoms with Crippen molar-refractivity contribution in [3.8, 4) is 0 Å². The Balaban J connectivity index is 3.49. The predicted molar refractivity (Wildman–Crippen MR) is 59.5 cm³/mol. The topological polar surface area (TPSA) is 107 Å². The summed E-state index contributed by atoms with van der Waals surface area (Å²) in [4.78, 5) is 20.5. The van der Waals surface area contributed by atoms with E-state index in [1.807, 2.05) is 0 Å². The second-order valence-corrected chi connectivity index (χ2v) is 4.38. The number of hydrogen-bond donors (Lipinski definition) is 1. The molecule has 0 amide bonds. The molecule has 1 rings (SSSR count). The summed E-state index contributed by atoms with van der Waals surface area (Å²) < 4.78 is 0. The molecule has 0 heterocycles. The van der Waals surface area contributed by atoms with Gasteiger partial charge in [0.2, 0.25) is 5.76 Å². The van der Waals surface area contributed by atoms with Gasteiger partial charge in [-0.1, -0.05) is 19.9 Å². The van der Waals surface area contributed by atoms with Crippen LogP contribution in [0.2, 0.25) is 0 Å². The van der Waals surface area contributed by atoms with Crippen molar-refractivity contribution in [2.24, 2.45) is 11.8 Å². The Bertz CT molecular complexity index is 426. The Kier molecular flexibility index (Phi) is 3.21. The first-order valence-corrected chi connectivity index (χ1v) is 5.17. The van der Waals surface area contributed by atoms with Gasteiger partial charge in [0.15, 0.2) is 0 Å². The fourth-order valence-corrected chi connectivity index (χ4v) is 1.96. The molecule has 0 saturated heterocycles. The van der Waals surface area contributed by atoms with Crippen LogP contribution in [0.4, 0.5) is 0 Å². The molecule has 2 unspecified atom stereocenters. The molecule has 0 spiro atoms. The van der Waals surface area contributed by atoms with Crippen molar-refractivity contribution in [1.82, 2.24) is 0 Å². The maximum absolute atomic E-state index is 11.1. The molecule has 1 N–H and O–H groups in total. The lowest BCUT2D eigenvalue weighted by Crippen LogP contribution is -2.46. The normalized spacial score (nSPS) is 28.6. The van der Waals surface area contributed by atoms with E-state index < -0.39 is 38.7 Å². The molecule has 1 aliphatic carbocycles. The first-order valence-electron chi connectivity index (χ1n) is 5.17. The molecular formula is C10H14N2O5. The molecule has 0 aromatic heterocycles. The van der Waals surface area contributed by atoms with Crippen LogP contribution in [0.1, 0.15) is 20.8 Å². The van der Waals surface area contributed by atoms with E-state index in [4.69, 9.17) is 0 Å². The predicted octanol–water partition coefficient (Wildman–Crippen LogP) is 1.91. The van der Waals surface area contributed by atoms with E-state index in [1.54, 1.807) is 0 Å². The number of allylic oxidation sites excluding steroid dienone is 1. The average molecular weight is 242 g/mol. The van der Waals surface area contributed by atoms with Gasteiger partial charge in [-0.15, -0.1) is 0 Å². The molecule has 0 fully saturated rings. The molecule has 0 radical (unpaired) electrons. The van der Waals surface area contributed by atoms with Crippen molar-refractivity contribution in [3.63, 3.8) is 0 Å². The molecule has 0 aromatic carbocycles. The minimum atomic E-state index is -1.89. The summed E-state index contributed by atoms with van der Waals surface area (Å²) >= 11 is 0. The Morgan fingerprint density at radius 2 is 1.94 bits per heavy atom. The number of aliphatic hydroxyl groups excluding tert-OH is 1. The second-order valence-electron chi connectivity index (χ2n) is 4.38. The average Bonchev–Trinajstić information content (AvgIpc) is 2.16. The van der Waals surface area contributed by atoms with E-state index in [1.165, 1.54) is 32.9 Å². The van der Waals surface area contributed by atoms with Crippen molar-refractivity contribution < 1.29 is 15.0 Å². The Labute approximate surface area is 97.7 Å². The van der Waals surface area contributed by atoms with Crippen LogP contribution in [-0.4, -0.2) is 20.5 Å².